The van der Waals surface area contributed by atoms with E-state index in [9.17, 15) is 9.59 Å². The van der Waals surface area contributed by atoms with E-state index in [2.05, 4.69) is 14.9 Å². The SMILES string of the molecule is CCCN(Cc1nnc(-c2ccccc2Cl)o1)C(=O)/C=C/c1ccc(C(=O)OC)cc1. The Morgan fingerprint density at radius 3 is 2.55 bits per heavy atom. The van der Waals surface area contributed by atoms with Gasteiger partial charge in [-0.1, -0.05) is 42.8 Å². The number of hydrogen-bond donors (Lipinski definition) is 0. The highest BCUT2D eigenvalue weighted by molar-refractivity contribution is 6.33. The standard InChI is InChI=1S/C23H22ClN3O4/c1-3-14-27(15-20-25-26-22(31-20)18-6-4-5-7-19(18)24)21(28)13-10-16-8-11-17(12-9-16)23(29)30-2/h4-13H,3,14-15H2,1-2H3/b13-10+. The van der Waals surface area contributed by atoms with Gasteiger partial charge in [0.05, 0.1) is 29.8 Å². The monoisotopic (exact) mass is 439 g/mol. The summed E-state index contributed by atoms with van der Waals surface area (Å²) in [5, 5.41) is 8.62. The van der Waals surface area contributed by atoms with Crippen LogP contribution in [0.2, 0.25) is 5.02 Å². The van der Waals surface area contributed by atoms with E-state index in [0.29, 0.717) is 34.5 Å². The lowest BCUT2D eigenvalue weighted by Gasteiger charge is -2.18. The van der Waals surface area contributed by atoms with Crippen molar-refractivity contribution in [3.63, 3.8) is 0 Å². The number of methoxy groups -OCH3 is 1. The summed E-state index contributed by atoms with van der Waals surface area (Å²) in [6, 6.07) is 14.0. The van der Waals surface area contributed by atoms with Crippen molar-refractivity contribution in [1.82, 2.24) is 15.1 Å². The Morgan fingerprint density at radius 1 is 1.13 bits per heavy atom. The van der Waals surface area contributed by atoms with Crippen LogP contribution in [0.3, 0.4) is 0 Å². The zero-order valence-corrected chi connectivity index (χ0v) is 18.0. The molecule has 0 spiro atoms. The number of rotatable bonds is 8. The van der Waals surface area contributed by atoms with Gasteiger partial charge in [0, 0.05) is 12.6 Å². The molecule has 0 aliphatic heterocycles. The summed E-state index contributed by atoms with van der Waals surface area (Å²) >= 11 is 6.18. The van der Waals surface area contributed by atoms with Crippen molar-refractivity contribution in [3.8, 4) is 11.5 Å². The number of halogens is 1. The van der Waals surface area contributed by atoms with Gasteiger partial charge < -0.3 is 14.1 Å². The van der Waals surface area contributed by atoms with Gasteiger partial charge in [0.1, 0.15) is 0 Å². The summed E-state index contributed by atoms with van der Waals surface area (Å²) in [5.41, 5.74) is 1.88. The van der Waals surface area contributed by atoms with Crippen molar-refractivity contribution in [3.05, 3.63) is 76.6 Å². The van der Waals surface area contributed by atoms with Crippen LogP contribution in [-0.2, 0) is 16.1 Å². The second kappa shape index (κ2) is 10.5. The molecule has 0 aliphatic rings. The fourth-order valence-corrected chi connectivity index (χ4v) is 3.10. The molecule has 8 heteroatoms. The zero-order chi connectivity index (χ0) is 22.2. The molecule has 0 fully saturated rings. The van der Waals surface area contributed by atoms with Gasteiger partial charge in [0.2, 0.25) is 17.7 Å². The van der Waals surface area contributed by atoms with Crippen molar-refractivity contribution < 1.29 is 18.7 Å². The first-order valence-corrected chi connectivity index (χ1v) is 10.1. The lowest BCUT2D eigenvalue weighted by Crippen LogP contribution is -2.29. The minimum absolute atomic E-state index is 0.184. The van der Waals surface area contributed by atoms with Gasteiger partial charge in [0.15, 0.2) is 0 Å². The molecule has 31 heavy (non-hydrogen) atoms. The maximum atomic E-state index is 12.7. The maximum absolute atomic E-state index is 12.7. The van der Waals surface area contributed by atoms with Crippen LogP contribution in [0.1, 0.15) is 35.2 Å². The number of carbonyl (C=O) groups excluding carboxylic acids is 2. The minimum atomic E-state index is -0.406. The van der Waals surface area contributed by atoms with Crippen LogP contribution in [0.5, 0.6) is 0 Å². The van der Waals surface area contributed by atoms with E-state index in [1.54, 1.807) is 47.4 Å². The Hall–Kier alpha value is -3.45. The number of hydrogen-bond acceptors (Lipinski definition) is 6. The van der Waals surface area contributed by atoms with Gasteiger partial charge in [-0.25, -0.2) is 4.79 Å². The molecule has 0 atom stereocenters. The molecule has 0 bridgehead atoms. The average Bonchev–Trinajstić information content (AvgIpc) is 3.25. The van der Waals surface area contributed by atoms with Crippen LogP contribution in [0, 0.1) is 0 Å². The molecular weight excluding hydrogens is 418 g/mol. The van der Waals surface area contributed by atoms with Gasteiger partial charge in [-0.2, -0.15) is 0 Å². The van der Waals surface area contributed by atoms with Crippen LogP contribution < -0.4 is 0 Å². The summed E-state index contributed by atoms with van der Waals surface area (Å²) in [6.07, 6.45) is 3.95. The molecule has 160 valence electrons. The third-order valence-corrected chi connectivity index (χ3v) is 4.78. The third kappa shape index (κ3) is 5.79. The molecule has 3 aromatic rings. The van der Waals surface area contributed by atoms with Crippen LogP contribution in [0.25, 0.3) is 17.5 Å². The van der Waals surface area contributed by atoms with E-state index < -0.39 is 5.97 Å². The molecule has 3 rings (SSSR count). The number of aromatic nitrogens is 2. The summed E-state index contributed by atoms with van der Waals surface area (Å²) < 4.78 is 10.4. The smallest absolute Gasteiger partial charge is 0.337 e. The minimum Gasteiger partial charge on any atom is -0.465 e. The van der Waals surface area contributed by atoms with E-state index in [4.69, 9.17) is 16.0 Å². The van der Waals surface area contributed by atoms with Crippen molar-refractivity contribution in [2.75, 3.05) is 13.7 Å². The van der Waals surface area contributed by atoms with Crippen molar-refractivity contribution in [2.24, 2.45) is 0 Å². The molecule has 1 aromatic heterocycles. The van der Waals surface area contributed by atoms with E-state index in [-0.39, 0.29) is 12.5 Å². The first-order chi connectivity index (χ1) is 15.0. The van der Waals surface area contributed by atoms with Gasteiger partial charge >= 0.3 is 5.97 Å². The van der Waals surface area contributed by atoms with E-state index in [1.165, 1.54) is 13.2 Å². The predicted octanol–water partition coefficient (Wildman–Crippen LogP) is 4.63. The number of benzene rings is 2. The molecule has 0 saturated carbocycles. The third-order valence-electron chi connectivity index (χ3n) is 4.45. The molecule has 2 aromatic carbocycles. The van der Waals surface area contributed by atoms with Crippen LogP contribution in [0.4, 0.5) is 0 Å². The molecule has 0 saturated heterocycles. The first kappa shape index (κ1) is 22.2. The predicted molar refractivity (Wildman–Crippen MR) is 117 cm³/mol. The fraction of sp³-hybridized carbons (Fsp3) is 0.217. The number of carbonyl (C=O) groups is 2. The average molecular weight is 440 g/mol. The second-order valence-electron chi connectivity index (χ2n) is 6.69. The van der Waals surface area contributed by atoms with Gasteiger partial charge in [-0.15, -0.1) is 10.2 Å². The topological polar surface area (TPSA) is 85.5 Å². The first-order valence-electron chi connectivity index (χ1n) is 9.74. The summed E-state index contributed by atoms with van der Waals surface area (Å²) in [4.78, 5) is 25.9. The van der Waals surface area contributed by atoms with Crippen LogP contribution in [-0.4, -0.2) is 40.6 Å². The number of nitrogens with zero attached hydrogens (tertiary/aromatic N) is 3. The Bertz CT molecular complexity index is 1080. The molecule has 0 N–H and O–H groups in total. The molecule has 7 nitrogen and oxygen atoms in total. The lowest BCUT2D eigenvalue weighted by molar-refractivity contribution is -0.126. The largest absolute Gasteiger partial charge is 0.465 e. The summed E-state index contributed by atoms with van der Waals surface area (Å²) in [7, 11) is 1.33. The fourth-order valence-electron chi connectivity index (χ4n) is 2.88. The van der Waals surface area contributed by atoms with Crippen molar-refractivity contribution >= 4 is 29.6 Å². The van der Waals surface area contributed by atoms with Gasteiger partial charge in [0.25, 0.3) is 0 Å². The molecule has 1 amide bonds. The quantitative estimate of drug-likeness (QED) is 0.376. The summed E-state index contributed by atoms with van der Waals surface area (Å²) in [5.74, 6) is 0.0473. The van der Waals surface area contributed by atoms with Gasteiger partial charge in [-0.3, -0.25) is 4.79 Å². The highest BCUT2D eigenvalue weighted by Crippen LogP contribution is 2.26. The van der Waals surface area contributed by atoms with Crippen LogP contribution in [0.15, 0.2) is 59.0 Å². The normalized spacial score (nSPS) is 10.9. The molecular formula is C23H22ClN3O4. The second-order valence-corrected chi connectivity index (χ2v) is 7.09. The van der Waals surface area contributed by atoms with E-state index in [0.717, 1.165) is 12.0 Å². The molecule has 1 heterocycles. The van der Waals surface area contributed by atoms with E-state index >= 15 is 0 Å². The highest BCUT2D eigenvalue weighted by atomic mass is 35.5. The van der Waals surface area contributed by atoms with Crippen molar-refractivity contribution in [2.45, 2.75) is 19.9 Å². The molecule has 0 aliphatic carbocycles. The van der Waals surface area contributed by atoms with Crippen LogP contribution >= 0.6 is 11.6 Å². The van der Waals surface area contributed by atoms with E-state index in [1.807, 2.05) is 19.1 Å². The zero-order valence-electron chi connectivity index (χ0n) is 17.2. The maximum Gasteiger partial charge on any atom is 0.337 e. The molecule has 0 unspecified atom stereocenters. The van der Waals surface area contributed by atoms with Crippen molar-refractivity contribution in [1.29, 1.82) is 0 Å². The Labute approximate surface area is 185 Å². The Kier molecular flexibility index (Phi) is 7.56. The summed E-state index contributed by atoms with van der Waals surface area (Å²) in [6.45, 7) is 2.71. The number of ether oxygens (including phenoxy) is 1. The lowest BCUT2D eigenvalue weighted by atomic mass is 10.1. The number of amides is 1. The Balaban J connectivity index is 1.69. The highest BCUT2D eigenvalue weighted by Gasteiger charge is 2.17. The Morgan fingerprint density at radius 2 is 1.87 bits per heavy atom. The van der Waals surface area contributed by atoms with Gasteiger partial charge in [-0.05, 0) is 42.3 Å². The molecule has 0 radical (unpaired) electrons. The number of esters is 1.